The summed E-state index contributed by atoms with van der Waals surface area (Å²) in [5.41, 5.74) is 0.911. The van der Waals surface area contributed by atoms with Gasteiger partial charge in [0, 0.05) is 46.3 Å². The molecule has 0 radical (unpaired) electrons. The van der Waals surface area contributed by atoms with Gasteiger partial charge in [0.1, 0.15) is 5.76 Å². The summed E-state index contributed by atoms with van der Waals surface area (Å²) in [6.45, 7) is 9.26. The van der Waals surface area contributed by atoms with Crippen LogP contribution in [0.5, 0.6) is 0 Å². The van der Waals surface area contributed by atoms with E-state index in [9.17, 15) is 18.0 Å². The number of likely N-dealkylation sites (tertiary alicyclic amines) is 1. The number of halogens is 3. The van der Waals surface area contributed by atoms with E-state index in [1.54, 1.807) is 7.11 Å². The van der Waals surface area contributed by atoms with Gasteiger partial charge < -0.3 is 19.2 Å². The number of carboxylic acids is 1. The quantitative estimate of drug-likeness (QED) is 0.776. The summed E-state index contributed by atoms with van der Waals surface area (Å²) in [4.78, 5) is 30.3. The molecule has 1 aromatic rings. The first-order valence-electron chi connectivity index (χ1n) is 9.80. The summed E-state index contributed by atoms with van der Waals surface area (Å²) in [5.74, 6) is -0.590. The Kier molecular flexibility index (Phi) is 8.25. The van der Waals surface area contributed by atoms with E-state index in [4.69, 9.17) is 19.1 Å². The Morgan fingerprint density at radius 1 is 1.27 bits per heavy atom. The third-order valence-corrected chi connectivity index (χ3v) is 5.00. The standard InChI is InChI=1S/C17H27N3O3.C2HF3O2/c1-12-8-13(2)10-20(9-12)17(21)16-18-14-11-19(6-7-22-3)5-4-15(14)23-16;3-2(4,5)1(6)7/h12-13H,4-11H2,1-3H3;(H,6,7). The van der Waals surface area contributed by atoms with Crippen molar-refractivity contribution >= 4 is 11.9 Å². The fraction of sp³-hybridized carbons (Fsp3) is 0.737. The molecule has 0 bridgehead atoms. The second kappa shape index (κ2) is 10.3. The minimum absolute atomic E-state index is 0.0544. The number of carbonyl (C=O) groups excluding carboxylic acids is 1. The molecular weight excluding hydrogens is 407 g/mol. The van der Waals surface area contributed by atoms with Crippen molar-refractivity contribution in [1.82, 2.24) is 14.8 Å². The van der Waals surface area contributed by atoms with Gasteiger partial charge in [0.2, 0.25) is 0 Å². The molecule has 0 aromatic carbocycles. The zero-order valence-electron chi connectivity index (χ0n) is 17.4. The minimum Gasteiger partial charge on any atom is -0.475 e. The average molecular weight is 435 g/mol. The number of ether oxygens (including phenoxy) is 1. The normalized spacial score (nSPS) is 22.1. The predicted molar refractivity (Wildman–Crippen MR) is 99.9 cm³/mol. The van der Waals surface area contributed by atoms with Crippen molar-refractivity contribution in [3.05, 3.63) is 17.3 Å². The third-order valence-electron chi connectivity index (χ3n) is 5.00. The van der Waals surface area contributed by atoms with E-state index >= 15 is 0 Å². The lowest BCUT2D eigenvalue weighted by atomic mass is 9.92. The highest BCUT2D eigenvalue weighted by Gasteiger charge is 2.38. The summed E-state index contributed by atoms with van der Waals surface area (Å²) < 4.78 is 42.6. The second-order valence-electron chi connectivity index (χ2n) is 7.87. The van der Waals surface area contributed by atoms with Gasteiger partial charge in [0.15, 0.2) is 0 Å². The molecule has 2 unspecified atom stereocenters. The summed E-state index contributed by atoms with van der Waals surface area (Å²) in [6.07, 6.45) is -3.09. The fourth-order valence-corrected chi connectivity index (χ4v) is 3.72. The molecule has 1 amide bonds. The molecule has 0 saturated carbocycles. The van der Waals surface area contributed by atoms with Gasteiger partial charge in [0.25, 0.3) is 5.89 Å². The molecule has 3 heterocycles. The number of piperidine rings is 1. The maximum atomic E-state index is 12.7. The molecule has 8 nitrogen and oxygen atoms in total. The predicted octanol–water partition coefficient (Wildman–Crippen LogP) is 2.43. The number of aliphatic carboxylic acids is 1. The number of carbonyl (C=O) groups is 2. The van der Waals surface area contributed by atoms with E-state index < -0.39 is 12.1 Å². The zero-order valence-corrected chi connectivity index (χ0v) is 17.4. The Morgan fingerprint density at radius 3 is 2.40 bits per heavy atom. The molecule has 170 valence electrons. The van der Waals surface area contributed by atoms with E-state index in [-0.39, 0.29) is 11.8 Å². The first kappa shape index (κ1) is 24.1. The first-order chi connectivity index (χ1) is 14.0. The Morgan fingerprint density at radius 2 is 1.87 bits per heavy atom. The number of fused-ring (bicyclic) bond motifs is 1. The van der Waals surface area contributed by atoms with Gasteiger partial charge in [-0.2, -0.15) is 13.2 Å². The van der Waals surface area contributed by atoms with Gasteiger partial charge in [-0.1, -0.05) is 13.8 Å². The van der Waals surface area contributed by atoms with Gasteiger partial charge >= 0.3 is 18.1 Å². The van der Waals surface area contributed by atoms with Crippen molar-refractivity contribution in [1.29, 1.82) is 0 Å². The first-order valence-corrected chi connectivity index (χ1v) is 9.80. The van der Waals surface area contributed by atoms with Crippen molar-refractivity contribution < 1.29 is 37.0 Å². The van der Waals surface area contributed by atoms with Crippen LogP contribution < -0.4 is 0 Å². The number of carboxylic acid groups (broad SMARTS) is 1. The molecule has 30 heavy (non-hydrogen) atoms. The Hall–Kier alpha value is -2.14. The van der Waals surface area contributed by atoms with Gasteiger partial charge in [-0.05, 0) is 18.3 Å². The van der Waals surface area contributed by atoms with Crippen LogP contribution in [-0.4, -0.2) is 77.8 Å². The summed E-state index contributed by atoms with van der Waals surface area (Å²) >= 11 is 0. The largest absolute Gasteiger partial charge is 0.490 e. The highest BCUT2D eigenvalue weighted by Crippen LogP contribution is 2.24. The monoisotopic (exact) mass is 435 g/mol. The SMILES string of the molecule is COCCN1CCc2oc(C(=O)N3CC(C)CC(C)C3)nc2C1.O=C(O)C(F)(F)F. The summed E-state index contributed by atoms with van der Waals surface area (Å²) in [6, 6.07) is 0. The number of oxazole rings is 1. The molecule has 0 aliphatic carbocycles. The number of aromatic nitrogens is 1. The average Bonchev–Trinajstić information content (AvgIpc) is 3.08. The lowest BCUT2D eigenvalue weighted by Crippen LogP contribution is -2.42. The van der Waals surface area contributed by atoms with E-state index in [2.05, 4.69) is 23.7 Å². The van der Waals surface area contributed by atoms with E-state index in [0.29, 0.717) is 18.4 Å². The molecule has 2 atom stereocenters. The van der Waals surface area contributed by atoms with Crippen LogP contribution in [0.3, 0.4) is 0 Å². The van der Waals surface area contributed by atoms with Crippen LogP contribution in [0.2, 0.25) is 0 Å². The van der Waals surface area contributed by atoms with Crippen LogP contribution in [0.4, 0.5) is 13.2 Å². The number of amides is 1. The maximum absolute atomic E-state index is 12.7. The van der Waals surface area contributed by atoms with Crippen molar-refractivity contribution in [2.24, 2.45) is 11.8 Å². The molecule has 2 aliphatic heterocycles. The van der Waals surface area contributed by atoms with Gasteiger partial charge in [-0.15, -0.1) is 0 Å². The highest BCUT2D eigenvalue weighted by atomic mass is 19.4. The van der Waals surface area contributed by atoms with Crippen LogP contribution in [-0.2, 0) is 22.5 Å². The molecule has 3 rings (SSSR count). The zero-order chi connectivity index (χ0) is 22.5. The van der Waals surface area contributed by atoms with E-state index in [1.807, 2.05) is 4.90 Å². The second-order valence-corrected chi connectivity index (χ2v) is 7.87. The number of hydrogen-bond acceptors (Lipinski definition) is 6. The Labute approximate surface area is 173 Å². The van der Waals surface area contributed by atoms with Crippen LogP contribution in [0, 0.1) is 11.8 Å². The third kappa shape index (κ3) is 6.69. The van der Waals surface area contributed by atoms with Crippen molar-refractivity contribution in [3.8, 4) is 0 Å². The van der Waals surface area contributed by atoms with Gasteiger partial charge in [0.05, 0.1) is 12.3 Å². The molecule has 0 spiro atoms. The van der Waals surface area contributed by atoms with Crippen LogP contribution in [0.1, 0.15) is 42.4 Å². The number of nitrogens with zero attached hydrogens (tertiary/aromatic N) is 3. The summed E-state index contributed by atoms with van der Waals surface area (Å²) in [5, 5.41) is 7.12. The topological polar surface area (TPSA) is 96.1 Å². The van der Waals surface area contributed by atoms with Crippen molar-refractivity contribution in [3.63, 3.8) is 0 Å². The van der Waals surface area contributed by atoms with Crippen molar-refractivity contribution in [2.75, 3.05) is 39.9 Å². The molecule has 1 N–H and O–H groups in total. The van der Waals surface area contributed by atoms with Gasteiger partial charge in [-0.3, -0.25) is 9.69 Å². The maximum Gasteiger partial charge on any atom is 0.490 e. The molecule has 1 aromatic heterocycles. The minimum atomic E-state index is -5.08. The van der Waals surface area contributed by atoms with E-state index in [0.717, 1.165) is 50.6 Å². The van der Waals surface area contributed by atoms with Crippen molar-refractivity contribution in [2.45, 2.75) is 39.4 Å². The molecule has 1 fully saturated rings. The number of alkyl halides is 3. The van der Waals surface area contributed by atoms with Crippen LogP contribution in [0.25, 0.3) is 0 Å². The van der Waals surface area contributed by atoms with Crippen LogP contribution >= 0.6 is 0 Å². The lowest BCUT2D eigenvalue weighted by Gasteiger charge is -2.34. The molecular formula is C19H28F3N3O5. The van der Waals surface area contributed by atoms with Gasteiger partial charge in [-0.25, -0.2) is 9.78 Å². The Bertz CT molecular complexity index is 727. The number of hydrogen-bond donors (Lipinski definition) is 1. The fourth-order valence-electron chi connectivity index (χ4n) is 3.72. The molecule has 11 heteroatoms. The number of rotatable bonds is 4. The number of methoxy groups -OCH3 is 1. The molecule has 1 saturated heterocycles. The van der Waals surface area contributed by atoms with E-state index in [1.165, 1.54) is 6.42 Å². The smallest absolute Gasteiger partial charge is 0.475 e. The molecule has 2 aliphatic rings. The van der Waals surface area contributed by atoms with Crippen LogP contribution in [0.15, 0.2) is 4.42 Å². The highest BCUT2D eigenvalue weighted by molar-refractivity contribution is 5.89. The lowest BCUT2D eigenvalue weighted by molar-refractivity contribution is -0.192. The summed E-state index contributed by atoms with van der Waals surface area (Å²) in [7, 11) is 1.71. The Balaban J connectivity index is 0.000000396.